The molecule has 1 fully saturated rings. The monoisotopic (exact) mass is 496 g/mol. The first-order chi connectivity index (χ1) is 17.2. The Hall–Kier alpha value is -0.690. The van der Waals surface area contributed by atoms with Gasteiger partial charge in [0.2, 0.25) is 5.91 Å². The molecule has 0 aromatic rings. The lowest BCUT2D eigenvalue weighted by atomic mass is 10.0. The van der Waals surface area contributed by atoms with Crippen LogP contribution in [0.4, 0.5) is 0 Å². The van der Waals surface area contributed by atoms with Crippen LogP contribution >= 0.6 is 0 Å². The molecule has 1 heterocycles. The van der Waals surface area contributed by atoms with Crippen LogP contribution < -0.4 is 21.3 Å². The SMILES string of the molecule is CCC[C@@H](O)CCCCCCCCCCCC[C@@H]1CC(=O)NCCCNCCCCNCCCN1. The first-order valence-corrected chi connectivity index (χ1v) is 15.3. The van der Waals surface area contributed by atoms with Crippen molar-refractivity contribution in [2.45, 2.75) is 141 Å². The highest BCUT2D eigenvalue weighted by atomic mass is 16.3. The molecule has 1 aliphatic rings. The Bertz CT molecular complexity index is 464. The van der Waals surface area contributed by atoms with Crippen LogP contribution in [0.25, 0.3) is 0 Å². The molecule has 0 aromatic carbocycles. The molecular formula is C29H60N4O2. The largest absolute Gasteiger partial charge is 0.393 e. The van der Waals surface area contributed by atoms with Crippen LogP contribution in [0.5, 0.6) is 0 Å². The highest BCUT2D eigenvalue weighted by Gasteiger charge is 2.13. The third-order valence-corrected chi connectivity index (χ3v) is 7.17. The summed E-state index contributed by atoms with van der Waals surface area (Å²) in [5, 5.41) is 23.6. The van der Waals surface area contributed by atoms with E-state index in [1.165, 1.54) is 77.0 Å². The van der Waals surface area contributed by atoms with E-state index in [-0.39, 0.29) is 12.0 Å². The average molecular weight is 497 g/mol. The van der Waals surface area contributed by atoms with Crippen molar-refractivity contribution in [1.82, 2.24) is 21.3 Å². The Balaban J connectivity index is 2.08. The van der Waals surface area contributed by atoms with Crippen molar-refractivity contribution in [3.05, 3.63) is 0 Å². The fraction of sp³-hybridized carbons (Fsp3) is 0.966. The minimum absolute atomic E-state index is 0.0717. The molecule has 0 spiro atoms. The highest BCUT2D eigenvalue weighted by Crippen LogP contribution is 2.14. The van der Waals surface area contributed by atoms with E-state index in [4.69, 9.17) is 0 Å². The summed E-state index contributed by atoms with van der Waals surface area (Å²) >= 11 is 0. The molecule has 0 unspecified atom stereocenters. The lowest BCUT2D eigenvalue weighted by molar-refractivity contribution is -0.121. The van der Waals surface area contributed by atoms with Gasteiger partial charge in [-0.15, -0.1) is 0 Å². The molecule has 0 aliphatic carbocycles. The number of carbonyl (C=O) groups excluding carboxylic acids is 1. The summed E-state index contributed by atoms with van der Waals surface area (Å²) in [6.07, 6.45) is 22.2. The maximum Gasteiger partial charge on any atom is 0.221 e. The summed E-state index contributed by atoms with van der Waals surface area (Å²) in [4.78, 5) is 12.4. The zero-order chi connectivity index (χ0) is 25.2. The van der Waals surface area contributed by atoms with E-state index in [1.807, 2.05) is 0 Å². The Morgan fingerprint density at radius 2 is 1.26 bits per heavy atom. The molecule has 0 radical (unpaired) electrons. The number of amides is 1. The van der Waals surface area contributed by atoms with Gasteiger partial charge in [0.1, 0.15) is 0 Å². The Labute approximate surface area is 217 Å². The summed E-state index contributed by atoms with van der Waals surface area (Å²) in [5.41, 5.74) is 0. The number of carbonyl (C=O) groups is 1. The fourth-order valence-electron chi connectivity index (χ4n) is 4.95. The molecule has 2 atom stereocenters. The molecule has 5 N–H and O–H groups in total. The first kappa shape index (κ1) is 32.3. The van der Waals surface area contributed by atoms with Crippen LogP contribution in [0.3, 0.4) is 0 Å². The van der Waals surface area contributed by atoms with Gasteiger partial charge >= 0.3 is 0 Å². The van der Waals surface area contributed by atoms with E-state index in [1.54, 1.807) is 0 Å². The lowest BCUT2D eigenvalue weighted by Crippen LogP contribution is -2.37. The number of hydrogen-bond donors (Lipinski definition) is 5. The van der Waals surface area contributed by atoms with Gasteiger partial charge in [-0.2, -0.15) is 0 Å². The summed E-state index contributed by atoms with van der Waals surface area (Å²) in [6, 6.07) is 0.305. The summed E-state index contributed by atoms with van der Waals surface area (Å²) in [6.45, 7) is 8.13. The smallest absolute Gasteiger partial charge is 0.221 e. The van der Waals surface area contributed by atoms with Gasteiger partial charge in [0, 0.05) is 19.0 Å². The normalized spacial score (nSPS) is 20.7. The van der Waals surface area contributed by atoms with Crippen LogP contribution in [0.15, 0.2) is 0 Å². The van der Waals surface area contributed by atoms with Gasteiger partial charge < -0.3 is 26.4 Å². The van der Waals surface area contributed by atoms with E-state index >= 15 is 0 Å². The molecule has 208 valence electrons. The predicted octanol–water partition coefficient (Wildman–Crippen LogP) is 5.05. The first-order valence-electron chi connectivity index (χ1n) is 15.3. The molecule has 6 heteroatoms. The molecule has 1 saturated heterocycles. The minimum atomic E-state index is -0.0717. The van der Waals surface area contributed by atoms with Crippen molar-refractivity contribution in [2.24, 2.45) is 0 Å². The van der Waals surface area contributed by atoms with Crippen LogP contribution in [0, 0.1) is 0 Å². The third-order valence-electron chi connectivity index (χ3n) is 7.17. The molecule has 1 amide bonds. The number of nitrogens with one attached hydrogen (secondary N) is 4. The van der Waals surface area contributed by atoms with Crippen molar-refractivity contribution in [3.63, 3.8) is 0 Å². The standard InChI is InChI=1S/C29H60N4O2/c1-2-17-28(34)19-12-10-8-6-4-3-5-7-9-11-18-27-26-29(35)33-25-16-23-31-21-14-13-20-30-22-15-24-32-27/h27-28,30-32,34H,2-26H2,1H3,(H,33,35)/t27-,28-/m1/s1. The van der Waals surface area contributed by atoms with Crippen LogP contribution in [0.2, 0.25) is 0 Å². The molecule has 6 nitrogen and oxygen atoms in total. The highest BCUT2D eigenvalue weighted by molar-refractivity contribution is 5.76. The number of rotatable bonds is 15. The quantitative estimate of drug-likeness (QED) is 0.205. The molecule has 1 rings (SSSR count). The van der Waals surface area contributed by atoms with Gasteiger partial charge in [-0.25, -0.2) is 0 Å². The summed E-state index contributed by atoms with van der Waals surface area (Å²) in [7, 11) is 0. The van der Waals surface area contributed by atoms with Crippen molar-refractivity contribution in [3.8, 4) is 0 Å². The van der Waals surface area contributed by atoms with E-state index in [9.17, 15) is 9.90 Å². The number of aliphatic hydroxyl groups excluding tert-OH is 1. The second-order valence-corrected chi connectivity index (χ2v) is 10.7. The minimum Gasteiger partial charge on any atom is -0.393 e. The maximum absolute atomic E-state index is 12.4. The van der Waals surface area contributed by atoms with Gasteiger partial charge in [-0.05, 0) is 77.7 Å². The molecule has 1 aliphatic heterocycles. The van der Waals surface area contributed by atoms with Crippen molar-refractivity contribution >= 4 is 5.91 Å². The van der Waals surface area contributed by atoms with Crippen LogP contribution in [-0.2, 0) is 4.79 Å². The second kappa shape index (κ2) is 25.0. The molecule has 0 saturated carbocycles. The predicted molar refractivity (Wildman–Crippen MR) is 150 cm³/mol. The van der Waals surface area contributed by atoms with Gasteiger partial charge in [0.15, 0.2) is 0 Å². The Morgan fingerprint density at radius 1 is 0.714 bits per heavy atom. The Morgan fingerprint density at radius 3 is 1.89 bits per heavy atom. The summed E-state index contributed by atoms with van der Waals surface area (Å²) in [5.74, 6) is 0.199. The van der Waals surface area contributed by atoms with Gasteiger partial charge in [0.05, 0.1) is 6.10 Å². The van der Waals surface area contributed by atoms with Gasteiger partial charge in [-0.3, -0.25) is 4.79 Å². The van der Waals surface area contributed by atoms with E-state index in [0.717, 1.165) is 77.8 Å². The zero-order valence-corrected chi connectivity index (χ0v) is 23.2. The number of hydrogen-bond acceptors (Lipinski definition) is 5. The Kier molecular flexibility index (Phi) is 23.1. The van der Waals surface area contributed by atoms with Crippen molar-refractivity contribution in [2.75, 3.05) is 39.3 Å². The third kappa shape index (κ3) is 22.2. The van der Waals surface area contributed by atoms with E-state index in [0.29, 0.717) is 12.5 Å². The van der Waals surface area contributed by atoms with Crippen molar-refractivity contribution in [1.29, 1.82) is 0 Å². The van der Waals surface area contributed by atoms with Gasteiger partial charge in [-0.1, -0.05) is 77.6 Å². The topological polar surface area (TPSA) is 85.4 Å². The maximum atomic E-state index is 12.4. The second-order valence-electron chi connectivity index (χ2n) is 10.7. The van der Waals surface area contributed by atoms with E-state index in [2.05, 4.69) is 28.2 Å². The molecule has 0 aromatic heterocycles. The average Bonchev–Trinajstić information content (AvgIpc) is 2.84. The summed E-state index contributed by atoms with van der Waals surface area (Å²) < 4.78 is 0. The van der Waals surface area contributed by atoms with Crippen molar-refractivity contribution < 1.29 is 9.90 Å². The molecule has 0 bridgehead atoms. The van der Waals surface area contributed by atoms with Gasteiger partial charge in [0.25, 0.3) is 0 Å². The fourth-order valence-corrected chi connectivity index (χ4v) is 4.95. The molecule has 35 heavy (non-hydrogen) atoms. The number of aliphatic hydroxyl groups is 1. The zero-order valence-electron chi connectivity index (χ0n) is 23.2. The van der Waals surface area contributed by atoms with E-state index < -0.39 is 0 Å². The van der Waals surface area contributed by atoms with Crippen LogP contribution in [0.1, 0.15) is 129 Å². The lowest BCUT2D eigenvalue weighted by Gasteiger charge is -2.19. The molecular weight excluding hydrogens is 436 g/mol. The number of unbranched alkanes of at least 4 members (excludes halogenated alkanes) is 9. The van der Waals surface area contributed by atoms with Crippen LogP contribution in [-0.4, -0.2) is 62.4 Å².